The van der Waals surface area contributed by atoms with Crippen LogP contribution in [-0.4, -0.2) is 65.7 Å². The zero-order valence-corrected chi connectivity index (χ0v) is 23.3. The first-order valence-corrected chi connectivity index (χ1v) is 15.3. The Morgan fingerprint density at radius 1 is 0.947 bits per heavy atom. The maximum Gasteiger partial charge on any atom is 0.326 e. The Bertz CT molecular complexity index is 1030. The minimum absolute atomic E-state index is 0.0327. The standard InChI is InChI=1S/C27H35N3O6S2/c1-17(2)21-14-19(31)13-20-10-6-7-11-37-38-16-23(30-25(21)33)27(35)29-22(12-18-8-4-3-5-9-18)26(34)28-15-24(32)36-20/h3-6,8-10,17,20-23H,7,11-16H2,1-2H3,(H,28,34)(H,29,35)(H,30,33)/b10-6+/t20-,21-,22-,23-/m1/s1. The Balaban J connectivity index is 1.96. The third kappa shape index (κ3) is 9.50. The molecule has 2 aliphatic rings. The number of fused-ring (bicyclic) bond motifs is 7. The van der Waals surface area contributed by atoms with E-state index in [-0.39, 0.29) is 36.7 Å². The van der Waals surface area contributed by atoms with Crippen molar-refractivity contribution in [3.05, 3.63) is 48.0 Å². The number of hydrogen-bond acceptors (Lipinski definition) is 8. The van der Waals surface area contributed by atoms with Gasteiger partial charge in [0, 0.05) is 36.7 Å². The second-order valence-corrected chi connectivity index (χ2v) is 12.3. The van der Waals surface area contributed by atoms with Gasteiger partial charge in [0.25, 0.3) is 0 Å². The Labute approximate surface area is 231 Å². The molecule has 0 spiro atoms. The number of ether oxygens (including phenoxy) is 1. The van der Waals surface area contributed by atoms with Gasteiger partial charge in [-0.1, -0.05) is 71.8 Å². The number of allylic oxidation sites excluding steroid dienone is 1. The van der Waals surface area contributed by atoms with E-state index in [0.717, 1.165) is 11.3 Å². The number of rotatable bonds is 3. The number of ketones is 1. The summed E-state index contributed by atoms with van der Waals surface area (Å²) in [4.78, 5) is 65.4. The van der Waals surface area contributed by atoms with Crippen molar-refractivity contribution in [2.45, 2.75) is 57.7 Å². The predicted molar refractivity (Wildman–Crippen MR) is 148 cm³/mol. The highest BCUT2D eigenvalue weighted by Crippen LogP contribution is 2.25. The number of benzene rings is 1. The molecule has 4 atom stereocenters. The van der Waals surface area contributed by atoms with Crippen molar-refractivity contribution >= 4 is 51.1 Å². The van der Waals surface area contributed by atoms with Gasteiger partial charge in [-0.2, -0.15) is 0 Å². The van der Waals surface area contributed by atoms with Crippen molar-refractivity contribution in [2.24, 2.45) is 11.8 Å². The molecule has 0 unspecified atom stereocenters. The van der Waals surface area contributed by atoms with Crippen molar-refractivity contribution < 1.29 is 28.7 Å². The van der Waals surface area contributed by atoms with Crippen molar-refractivity contribution in [1.82, 2.24) is 16.0 Å². The van der Waals surface area contributed by atoms with Crippen LogP contribution >= 0.6 is 21.6 Å². The second-order valence-electron chi connectivity index (χ2n) is 9.68. The molecule has 1 fully saturated rings. The molecule has 1 saturated heterocycles. The number of carbonyl (C=O) groups excluding carboxylic acids is 5. The molecule has 2 aliphatic heterocycles. The molecule has 0 aromatic heterocycles. The first-order chi connectivity index (χ1) is 18.2. The molecular formula is C27H35N3O6S2. The van der Waals surface area contributed by atoms with Crippen molar-refractivity contribution in [3.63, 3.8) is 0 Å². The monoisotopic (exact) mass is 561 g/mol. The SMILES string of the molecule is CC(C)[C@H]1CC(=O)C[C@H]2/C=C/CCSSC[C@@H](NC1=O)C(=O)N[C@H](Cc1ccccc1)C(=O)NCC(=O)O2. The van der Waals surface area contributed by atoms with Crippen LogP contribution < -0.4 is 16.0 Å². The Kier molecular flexibility index (Phi) is 11.7. The summed E-state index contributed by atoms with van der Waals surface area (Å²) in [7, 11) is 3.00. The molecule has 3 N–H and O–H groups in total. The summed E-state index contributed by atoms with van der Waals surface area (Å²) in [5.41, 5.74) is 0.824. The molecule has 0 saturated carbocycles. The fraction of sp³-hybridized carbons (Fsp3) is 0.519. The number of carbonyl (C=O) groups is 5. The van der Waals surface area contributed by atoms with Crippen molar-refractivity contribution in [3.8, 4) is 0 Å². The Hall–Kier alpha value is -2.79. The maximum atomic E-state index is 13.4. The Morgan fingerprint density at radius 2 is 1.71 bits per heavy atom. The van der Waals surface area contributed by atoms with Crippen molar-refractivity contribution in [1.29, 1.82) is 0 Å². The zero-order chi connectivity index (χ0) is 27.5. The minimum Gasteiger partial charge on any atom is -0.456 e. The third-order valence-electron chi connectivity index (χ3n) is 6.29. The van der Waals surface area contributed by atoms with Crippen LogP contribution in [0.4, 0.5) is 0 Å². The lowest BCUT2D eigenvalue weighted by molar-refractivity contribution is -0.148. The lowest BCUT2D eigenvalue weighted by Crippen LogP contribution is -2.56. The van der Waals surface area contributed by atoms with E-state index in [1.165, 1.54) is 10.8 Å². The summed E-state index contributed by atoms with van der Waals surface area (Å²) in [6, 6.07) is 7.32. The van der Waals surface area contributed by atoms with Gasteiger partial charge in [0.2, 0.25) is 17.7 Å². The molecule has 0 aliphatic carbocycles. The van der Waals surface area contributed by atoms with E-state index in [1.54, 1.807) is 16.9 Å². The molecule has 3 amide bonds. The first-order valence-electron chi connectivity index (χ1n) is 12.8. The van der Waals surface area contributed by atoms with E-state index >= 15 is 0 Å². The maximum absolute atomic E-state index is 13.4. The number of hydrogen-bond donors (Lipinski definition) is 3. The van der Waals surface area contributed by atoms with Gasteiger partial charge < -0.3 is 20.7 Å². The average molecular weight is 562 g/mol. The molecule has 11 heteroatoms. The number of esters is 1. The van der Waals surface area contributed by atoms with Gasteiger partial charge in [0.15, 0.2) is 0 Å². The molecular weight excluding hydrogens is 526 g/mol. The lowest BCUT2D eigenvalue weighted by atomic mass is 9.88. The molecule has 206 valence electrons. The summed E-state index contributed by atoms with van der Waals surface area (Å²) in [6.45, 7) is 3.29. The normalized spacial score (nSPS) is 27.5. The summed E-state index contributed by atoms with van der Waals surface area (Å²) in [5.74, 6) is -2.17. The first kappa shape index (κ1) is 29.8. The number of amides is 3. The second kappa shape index (κ2) is 15.0. The Morgan fingerprint density at radius 3 is 2.45 bits per heavy atom. The molecule has 9 nitrogen and oxygen atoms in total. The van der Waals surface area contributed by atoms with Gasteiger partial charge in [-0.15, -0.1) is 0 Å². The summed E-state index contributed by atoms with van der Waals surface area (Å²) < 4.78 is 5.52. The predicted octanol–water partition coefficient (Wildman–Crippen LogP) is 2.20. The van der Waals surface area contributed by atoms with Crippen LogP contribution in [-0.2, 0) is 35.1 Å². The van der Waals surface area contributed by atoms with Crippen molar-refractivity contribution in [2.75, 3.05) is 18.1 Å². The highest BCUT2D eigenvalue weighted by molar-refractivity contribution is 8.76. The van der Waals surface area contributed by atoms with Gasteiger partial charge in [0.1, 0.15) is 30.5 Å². The minimum atomic E-state index is -0.975. The van der Waals surface area contributed by atoms with E-state index < -0.39 is 54.3 Å². The molecule has 3 rings (SSSR count). The summed E-state index contributed by atoms with van der Waals surface area (Å²) >= 11 is 0. The molecule has 0 radical (unpaired) electrons. The van der Waals surface area contributed by atoms with Crippen LogP contribution in [0.15, 0.2) is 42.5 Å². The van der Waals surface area contributed by atoms with E-state index in [4.69, 9.17) is 4.74 Å². The molecule has 2 bridgehead atoms. The average Bonchev–Trinajstić information content (AvgIpc) is 2.88. The van der Waals surface area contributed by atoms with E-state index in [1.807, 2.05) is 50.3 Å². The quantitative estimate of drug-likeness (QED) is 0.291. The highest BCUT2D eigenvalue weighted by Gasteiger charge is 2.32. The van der Waals surface area contributed by atoms with Crippen LogP contribution in [0.2, 0.25) is 0 Å². The number of nitrogens with one attached hydrogen (secondary N) is 3. The topological polar surface area (TPSA) is 131 Å². The van der Waals surface area contributed by atoms with Gasteiger partial charge >= 0.3 is 5.97 Å². The fourth-order valence-electron chi connectivity index (χ4n) is 4.16. The molecule has 1 aromatic carbocycles. The zero-order valence-electron chi connectivity index (χ0n) is 21.6. The molecule has 1 aromatic rings. The molecule has 38 heavy (non-hydrogen) atoms. The van der Waals surface area contributed by atoms with Crippen LogP contribution in [0.25, 0.3) is 0 Å². The summed E-state index contributed by atoms with van der Waals surface area (Å²) in [6.07, 6.45) is 3.52. The largest absolute Gasteiger partial charge is 0.456 e. The van der Waals surface area contributed by atoms with E-state index in [0.29, 0.717) is 6.42 Å². The van der Waals surface area contributed by atoms with Gasteiger partial charge in [-0.3, -0.25) is 24.0 Å². The van der Waals surface area contributed by atoms with Crippen LogP contribution in [0.5, 0.6) is 0 Å². The fourth-order valence-corrected chi connectivity index (χ4v) is 6.31. The van der Waals surface area contributed by atoms with Crippen LogP contribution in [0, 0.1) is 11.8 Å². The van der Waals surface area contributed by atoms with Gasteiger partial charge in [0.05, 0.1) is 0 Å². The van der Waals surface area contributed by atoms with E-state index in [2.05, 4.69) is 16.0 Å². The van der Waals surface area contributed by atoms with Crippen LogP contribution in [0.1, 0.15) is 38.7 Å². The summed E-state index contributed by atoms with van der Waals surface area (Å²) in [5, 5.41) is 8.17. The van der Waals surface area contributed by atoms with E-state index in [9.17, 15) is 24.0 Å². The number of Topliss-reactive ketones (excluding diaryl/α,β-unsaturated/α-hetero) is 1. The molecule has 2 heterocycles. The van der Waals surface area contributed by atoms with Gasteiger partial charge in [-0.05, 0) is 24.0 Å². The van der Waals surface area contributed by atoms with Crippen LogP contribution in [0.3, 0.4) is 0 Å². The third-order valence-corrected chi connectivity index (χ3v) is 8.74. The lowest BCUT2D eigenvalue weighted by Gasteiger charge is -2.26. The highest BCUT2D eigenvalue weighted by atomic mass is 33.1. The smallest absolute Gasteiger partial charge is 0.326 e. The van der Waals surface area contributed by atoms with Gasteiger partial charge in [-0.25, -0.2) is 0 Å².